The SMILES string of the molecule is CCCCOC(C)O[C@@]1(C#CC(=O)O)CCC2C3CC=C4CC5(CC[C@]4(C)C3CC[C@@]21C)OCCO5. The van der Waals surface area contributed by atoms with Gasteiger partial charge >= 0.3 is 5.97 Å². The van der Waals surface area contributed by atoms with Gasteiger partial charge in [0.1, 0.15) is 5.60 Å². The normalized spacial score (nSPS) is 41.4. The van der Waals surface area contributed by atoms with Crippen LogP contribution in [0.2, 0.25) is 0 Å². The Morgan fingerprint density at radius 2 is 1.92 bits per heavy atom. The van der Waals surface area contributed by atoms with E-state index in [9.17, 15) is 9.90 Å². The van der Waals surface area contributed by atoms with Crippen molar-refractivity contribution < 1.29 is 28.8 Å². The molecule has 1 N–H and O–H groups in total. The van der Waals surface area contributed by atoms with E-state index in [-0.39, 0.29) is 10.8 Å². The highest BCUT2D eigenvalue weighted by Gasteiger charge is 2.65. The molecular formula is C30H44O6. The average Bonchev–Trinajstić information content (AvgIpc) is 3.41. The predicted molar refractivity (Wildman–Crippen MR) is 136 cm³/mol. The molecule has 4 fully saturated rings. The van der Waals surface area contributed by atoms with Gasteiger partial charge in [0.2, 0.25) is 0 Å². The quantitative estimate of drug-likeness (QED) is 0.218. The van der Waals surface area contributed by atoms with Crippen LogP contribution in [0.4, 0.5) is 0 Å². The third-order valence-corrected chi connectivity index (χ3v) is 10.6. The molecule has 6 heteroatoms. The molecule has 4 aliphatic carbocycles. The van der Waals surface area contributed by atoms with Crippen LogP contribution in [0, 0.1) is 40.4 Å². The maximum Gasteiger partial charge on any atom is 0.382 e. The lowest BCUT2D eigenvalue weighted by atomic mass is 9.46. The fourth-order valence-corrected chi connectivity index (χ4v) is 8.64. The Morgan fingerprint density at radius 1 is 1.17 bits per heavy atom. The number of unbranched alkanes of at least 4 members (excludes halogenated alkanes) is 1. The van der Waals surface area contributed by atoms with Gasteiger partial charge < -0.3 is 24.1 Å². The van der Waals surface area contributed by atoms with Crippen LogP contribution < -0.4 is 0 Å². The zero-order valence-electron chi connectivity index (χ0n) is 22.6. The Kier molecular flexibility index (Phi) is 7.09. The minimum atomic E-state index is -1.09. The number of carboxylic acids is 1. The van der Waals surface area contributed by atoms with Gasteiger partial charge in [0, 0.05) is 30.8 Å². The first kappa shape index (κ1) is 26.2. The van der Waals surface area contributed by atoms with Crippen molar-refractivity contribution in [3.63, 3.8) is 0 Å². The summed E-state index contributed by atoms with van der Waals surface area (Å²) >= 11 is 0. The van der Waals surface area contributed by atoms with Gasteiger partial charge in [-0.1, -0.05) is 44.8 Å². The zero-order chi connectivity index (χ0) is 25.6. The van der Waals surface area contributed by atoms with E-state index >= 15 is 0 Å². The summed E-state index contributed by atoms with van der Waals surface area (Å²) in [4.78, 5) is 11.5. The predicted octanol–water partition coefficient (Wildman–Crippen LogP) is 5.70. The van der Waals surface area contributed by atoms with Crippen molar-refractivity contribution in [3.8, 4) is 11.8 Å². The molecule has 1 heterocycles. The number of allylic oxidation sites excluding steroid dienone is 1. The summed E-state index contributed by atoms with van der Waals surface area (Å²) in [6, 6.07) is 0. The maximum atomic E-state index is 11.5. The molecule has 1 saturated heterocycles. The number of carbonyl (C=O) groups is 1. The topological polar surface area (TPSA) is 74.2 Å². The summed E-state index contributed by atoms with van der Waals surface area (Å²) in [7, 11) is 0. The summed E-state index contributed by atoms with van der Waals surface area (Å²) in [6.07, 6.45) is 12.1. The minimum Gasteiger partial charge on any atom is -0.472 e. The first-order valence-electron chi connectivity index (χ1n) is 14.2. The molecule has 1 spiro atoms. The second-order valence-corrected chi connectivity index (χ2v) is 12.3. The van der Waals surface area contributed by atoms with E-state index in [1.54, 1.807) is 0 Å². The number of ether oxygens (including phenoxy) is 4. The summed E-state index contributed by atoms with van der Waals surface area (Å²) in [6.45, 7) is 10.9. The van der Waals surface area contributed by atoms with Crippen LogP contribution in [0.5, 0.6) is 0 Å². The Balaban J connectivity index is 1.41. The van der Waals surface area contributed by atoms with Crippen LogP contribution in [-0.2, 0) is 23.7 Å². The Labute approximate surface area is 216 Å². The molecular weight excluding hydrogens is 456 g/mol. The number of fused-ring (bicyclic) bond motifs is 5. The highest BCUT2D eigenvalue weighted by Crippen LogP contribution is 2.68. The van der Waals surface area contributed by atoms with Crippen LogP contribution in [0.3, 0.4) is 0 Å². The van der Waals surface area contributed by atoms with Crippen LogP contribution >= 0.6 is 0 Å². The van der Waals surface area contributed by atoms with Crippen molar-refractivity contribution in [2.24, 2.45) is 28.6 Å². The lowest BCUT2D eigenvalue weighted by molar-refractivity contribution is -0.224. The molecule has 3 saturated carbocycles. The largest absolute Gasteiger partial charge is 0.472 e. The van der Waals surface area contributed by atoms with Crippen LogP contribution in [0.1, 0.15) is 91.9 Å². The summed E-state index contributed by atoms with van der Waals surface area (Å²) in [5.74, 6) is 5.76. The molecule has 0 amide bonds. The highest BCUT2D eigenvalue weighted by molar-refractivity contribution is 5.86. The lowest BCUT2D eigenvalue weighted by Crippen LogP contribution is -2.56. The first-order chi connectivity index (χ1) is 17.2. The van der Waals surface area contributed by atoms with Gasteiger partial charge in [-0.05, 0) is 75.0 Å². The summed E-state index contributed by atoms with van der Waals surface area (Å²) < 4.78 is 24.8. The number of rotatable bonds is 6. The number of carboxylic acid groups (broad SMARTS) is 1. The molecule has 0 bridgehead atoms. The van der Waals surface area contributed by atoms with Crippen LogP contribution in [0.15, 0.2) is 11.6 Å². The molecule has 0 aromatic carbocycles. The highest BCUT2D eigenvalue weighted by atomic mass is 16.7. The second-order valence-electron chi connectivity index (χ2n) is 12.3. The summed E-state index contributed by atoms with van der Waals surface area (Å²) in [5, 5.41) is 9.43. The van der Waals surface area contributed by atoms with Gasteiger partial charge in [-0.2, -0.15) is 0 Å². The Bertz CT molecular complexity index is 941. The molecule has 200 valence electrons. The first-order valence-corrected chi connectivity index (χ1v) is 14.2. The number of aliphatic carboxylic acids is 1. The molecule has 0 aromatic heterocycles. The zero-order valence-corrected chi connectivity index (χ0v) is 22.6. The monoisotopic (exact) mass is 500 g/mol. The molecule has 0 radical (unpaired) electrons. The van der Waals surface area contributed by atoms with Crippen molar-refractivity contribution in [1.29, 1.82) is 0 Å². The van der Waals surface area contributed by atoms with E-state index in [0.29, 0.717) is 37.6 Å². The molecule has 5 rings (SSSR count). The Morgan fingerprint density at radius 3 is 2.64 bits per heavy atom. The molecule has 4 unspecified atom stereocenters. The van der Waals surface area contributed by atoms with Crippen LogP contribution in [0.25, 0.3) is 0 Å². The molecule has 7 atom stereocenters. The van der Waals surface area contributed by atoms with Gasteiger partial charge in [0.15, 0.2) is 12.1 Å². The van der Waals surface area contributed by atoms with Crippen molar-refractivity contribution >= 4 is 5.97 Å². The van der Waals surface area contributed by atoms with Crippen LogP contribution in [-0.4, -0.2) is 48.6 Å². The second kappa shape index (κ2) is 9.73. The number of hydrogen-bond donors (Lipinski definition) is 1. The molecule has 0 aromatic rings. The smallest absolute Gasteiger partial charge is 0.382 e. The average molecular weight is 501 g/mol. The number of hydrogen-bond acceptors (Lipinski definition) is 5. The molecule has 5 aliphatic rings. The molecule has 6 nitrogen and oxygen atoms in total. The van der Waals surface area contributed by atoms with Crippen molar-refractivity contribution in [1.82, 2.24) is 0 Å². The summed E-state index contributed by atoms with van der Waals surface area (Å²) in [5.41, 5.74) is 0.721. The van der Waals surface area contributed by atoms with Gasteiger partial charge in [-0.3, -0.25) is 0 Å². The third-order valence-electron chi connectivity index (χ3n) is 10.6. The van der Waals surface area contributed by atoms with Gasteiger partial charge in [-0.15, -0.1) is 0 Å². The molecule has 36 heavy (non-hydrogen) atoms. The van der Waals surface area contributed by atoms with E-state index in [4.69, 9.17) is 18.9 Å². The van der Waals surface area contributed by atoms with E-state index in [0.717, 1.165) is 64.2 Å². The lowest BCUT2D eigenvalue weighted by Gasteiger charge is -2.59. The van der Waals surface area contributed by atoms with Crippen molar-refractivity contribution in [2.45, 2.75) is 110 Å². The van der Waals surface area contributed by atoms with Crippen molar-refractivity contribution in [2.75, 3.05) is 19.8 Å². The van der Waals surface area contributed by atoms with E-state index in [1.165, 1.54) is 5.57 Å². The van der Waals surface area contributed by atoms with E-state index in [2.05, 4.69) is 38.7 Å². The fourth-order valence-electron chi connectivity index (χ4n) is 8.64. The van der Waals surface area contributed by atoms with E-state index < -0.39 is 23.6 Å². The minimum absolute atomic E-state index is 0.181. The fraction of sp³-hybridized carbons (Fsp3) is 0.833. The Hall–Kier alpha value is -1.39. The van der Waals surface area contributed by atoms with Crippen molar-refractivity contribution in [3.05, 3.63) is 11.6 Å². The van der Waals surface area contributed by atoms with E-state index in [1.807, 2.05) is 6.92 Å². The van der Waals surface area contributed by atoms with Gasteiger partial charge in [0.25, 0.3) is 0 Å². The van der Waals surface area contributed by atoms with Gasteiger partial charge in [-0.25, -0.2) is 4.79 Å². The molecule has 1 aliphatic heterocycles. The maximum absolute atomic E-state index is 11.5. The van der Waals surface area contributed by atoms with Gasteiger partial charge in [0.05, 0.1) is 13.2 Å². The third kappa shape index (κ3) is 4.25. The standard InChI is InChI=1S/C30H44O6/c1-5-6-17-33-21(2)36-29(14-11-26(31)32)13-10-25-23-8-7-22-20-30(34-18-19-35-30)16-15-27(22,3)24(23)9-12-28(25,29)4/h7,21,23-25H,5-6,8-10,12-13,15-20H2,1-4H3,(H,31,32)/t21?,23?,24?,25?,27-,28-,29+/m0/s1.